The van der Waals surface area contributed by atoms with Gasteiger partial charge >= 0.3 is 0 Å². The van der Waals surface area contributed by atoms with Crippen LogP contribution in [0, 0.1) is 5.92 Å². The van der Waals surface area contributed by atoms with Crippen molar-refractivity contribution in [3.05, 3.63) is 23.5 Å². The summed E-state index contributed by atoms with van der Waals surface area (Å²) in [7, 11) is 0. The second-order valence-corrected chi connectivity index (χ2v) is 6.41. The Morgan fingerprint density at radius 2 is 2.39 bits per heavy atom. The van der Waals surface area contributed by atoms with E-state index >= 15 is 0 Å². The van der Waals surface area contributed by atoms with Crippen LogP contribution in [-0.4, -0.2) is 34.0 Å². The van der Waals surface area contributed by atoms with Crippen molar-refractivity contribution in [2.45, 2.75) is 26.3 Å². The van der Waals surface area contributed by atoms with Crippen molar-refractivity contribution in [3.63, 3.8) is 0 Å². The number of fused-ring (bicyclic) bond motifs is 1. The van der Waals surface area contributed by atoms with E-state index in [4.69, 9.17) is 0 Å². The van der Waals surface area contributed by atoms with Gasteiger partial charge in [-0.15, -0.1) is 11.3 Å². The molecule has 0 spiro atoms. The van der Waals surface area contributed by atoms with Crippen LogP contribution in [0.25, 0.3) is 4.96 Å². The standard InChI is InChI=1S/C13H21N3S2/c1-4-14-12(10(2)9-17-3)7-11-8-16-5-6-18-13(16)15-11/h5-6,8,10,12,14H,4,7,9H2,1-3H3. The van der Waals surface area contributed by atoms with Crippen molar-refractivity contribution in [2.24, 2.45) is 5.92 Å². The quantitative estimate of drug-likeness (QED) is 0.847. The van der Waals surface area contributed by atoms with Gasteiger partial charge in [0.05, 0.1) is 5.69 Å². The lowest BCUT2D eigenvalue weighted by atomic mass is 9.99. The molecule has 0 bridgehead atoms. The Labute approximate surface area is 117 Å². The average Bonchev–Trinajstić information content (AvgIpc) is 2.89. The van der Waals surface area contributed by atoms with Gasteiger partial charge in [0.25, 0.3) is 0 Å². The number of hydrogen-bond acceptors (Lipinski definition) is 4. The highest BCUT2D eigenvalue weighted by Gasteiger charge is 2.18. The molecule has 0 aliphatic heterocycles. The van der Waals surface area contributed by atoms with E-state index in [1.54, 1.807) is 11.3 Å². The predicted molar refractivity (Wildman–Crippen MR) is 81.8 cm³/mol. The van der Waals surface area contributed by atoms with E-state index < -0.39 is 0 Å². The Balaban J connectivity index is 2.05. The topological polar surface area (TPSA) is 29.3 Å². The molecule has 2 aromatic rings. The number of nitrogens with one attached hydrogen (secondary N) is 1. The largest absolute Gasteiger partial charge is 0.314 e. The summed E-state index contributed by atoms with van der Waals surface area (Å²) in [5, 5.41) is 5.67. The molecule has 0 saturated carbocycles. The summed E-state index contributed by atoms with van der Waals surface area (Å²) >= 11 is 3.61. The van der Waals surface area contributed by atoms with Gasteiger partial charge < -0.3 is 5.32 Å². The average molecular weight is 283 g/mol. The highest BCUT2D eigenvalue weighted by Crippen LogP contribution is 2.17. The zero-order valence-electron chi connectivity index (χ0n) is 11.2. The number of hydrogen-bond donors (Lipinski definition) is 1. The van der Waals surface area contributed by atoms with Crippen LogP contribution in [0.1, 0.15) is 19.5 Å². The maximum Gasteiger partial charge on any atom is 0.193 e. The van der Waals surface area contributed by atoms with Gasteiger partial charge in [-0.3, -0.25) is 4.40 Å². The molecule has 3 nitrogen and oxygen atoms in total. The molecule has 0 saturated heterocycles. The lowest BCUT2D eigenvalue weighted by molar-refractivity contribution is 0.408. The second-order valence-electron chi connectivity index (χ2n) is 4.63. The van der Waals surface area contributed by atoms with E-state index in [1.807, 2.05) is 11.8 Å². The maximum atomic E-state index is 4.67. The van der Waals surface area contributed by atoms with Gasteiger partial charge in [-0.25, -0.2) is 4.98 Å². The molecule has 0 amide bonds. The predicted octanol–water partition coefficient (Wildman–Crippen LogP) is 2.92. The summed E-state index contributed by atoms with van der Waals surface area (Å²) in [5.41, 5.74) is 1.20. The molecule has 18 heavy (non-hydrogen) atoms. The first kappa shape index (κ1) is 13.9. The molecule has 0 fully saturated rings. The van der Waals surface area contributed by atoms with Crippen molar-refractivity contribution < 1.29 is 0 Å². The first-order valence-corrected chi connectivity index (χ1v) is 8.65. The minimum absolute atomic E-state index is 0.520. The van der Waals surface area contributed by atoms with Crippen LogP contribution in [0.4, 0.5) is 0 Å². The first-order chi connectivity index (χ1) is 8.74. The van der Waals surface area contributed by atoms with E-state index in [1.165, 1.54) is 11.4 Å². The molecule has 0 aliphatic rings. The van der Waals surface area contributed by atoms with Gasteiger partial charge in [0.15, 0.2) is 4.96 Å². The van der Waals surface area contributed by atoms with Gasteiger partial charge in [0, 0.05) is 30.2 Å². The molecule has 2 unspecified atom stereocenters. The zero-order chi connectivity index (χ0) is 13.0. The SMILES string of the molecule is CCNC(Cc1cn2ccsc2n1)C(C)CSC. The Bertz CT molecular complexity index is 449. The Morgan fingerprint density at radius 3 is 3.06 bits per heavy atom. The summed E-state index contributed by atoms with van der Waals surface area (Å²) in [6.45, 7) is 5.51. The molecule has 100 valence electrons. The van der Waals surface area contributed by atoms with Crippen LogP contribution in [0.5, 0.6) is 0 Å². The Morgan fingerprint density at radius 1 is 1.56 bits per heavy atom. The third-order valence-electron chi connectivity index (χ3n) is 3.15. The third-order valence-corrected chi connectivity index (χ3v) is 4.78. The third kappa shape index (κ3) is 3.28. The Hall–Kier alpha value is -0.520. The van der Waals surface area contributed by atoms with Gasteiger partial charge in [-0.2, -0.15) is 11.8 Å². The molecule has 1 N–H and O–H groups in total. The summed E-state index contributed by atoms with van der Waals surface area (Å²) in [6.07, 6.45) is 7.42. The summed E-state index contributed by atoms with van der Waals surface area (Å²) < 4.78 is 2.11. The fourth-order valence-electron chi connectivity index (χ4n) is 2.22. The monoisotopic (exact) mass is 283 g/mol. The summed E-state index contributed by atoms with van der Waals surface area (Å²) in [4.78, 5) is 5.77. The van der Waals surface area contributed by atoms with E-state index in [0.29, 0.717) is 12.0 Å². The minimum atomic E-state index is 0.520. The highest BCUT2D eigenvalue weighted by molar-refractivity contribution is 7.98. The zero-order valence-corrected chi connectivity index (χ0v) is 12.9. The fraction of sp³-hybridized carbons (Fsp3) is 0.615. The smallest absolute Gasteiger partial charge is 0.193 e. The molecule has 2 rings (SSSR count). The van der Waals surface area contributed by atoms with Gasteiger partial charge in [-0.05, 0) is 24.5 Å². The number of thioether (sulfide) groups is 1. The number of thiazole rings is 1. The molecular formula is C13H21N3S2. The molecular weight excluding hydrogens is 262 g/mol. The molecule has 0 aliphatic carbocycles. The van der Waals surface area contributed by atoms with Gasteiger partial charge in [0.1, 0.15) is 0 Å². The fourth-order valence-corrected chi connectivity index (χ4v) is 3.69. The van der Waals surface area contributed by atoms with E-state index in [-0.39, 0.29) is 0 Å². The van der Waals surface area contributed by atoms with Crippen molar-refractivity contribution in [2.75, 3.05) is 18.6 Å². The lowest BCUT2D eigenvalue weighted by Gasteiger charge is -2.23. The number of aromatic nitrogens is 2. The number of imidazole rings is 1. The molecule has 2 aromatic heterocycles. The van der Waals surface area contributed by atoms with Crippen LogP contribution >= 0.6 is 23.1 Å². The van der Waals surface area contributed by atoms with E-state index in [2.05, 4.69) is 52.6 Å². The normalized spacial score (nSPS) is 15.1. The van der Waals surface area contributed by atoms with Crippen molar-refractivity contribution in [1.82, 2.24) is 14.7 Å². The van der Waals surface area contributed by atoms with Crippen LogP contribution in [0.2, 0.25) is 0 Å². The van der Waals surface area contributed by atoms with Crippen molar-refractivity contribution >= 4 is 28.1 Å². The first-order valence-electron chi connectivity index (χ1n) is 6.38. The van der Waals surface area contributed by atoms with Crippen LogP contribution in [0.3, 0.4) is 0 Å². The van der Waals surface area contributed by atoms with E-state index in [0.717, 1.165) is 17.9 Å². The van der Waals surface area contributed by atoms with Gasteiger partial charge in [0.2, 0.25) is 0 Å². The van der Waals surface area contributed by atoms with Crippen LogP contribution in [-0.2, 0) is 6.42 Å². The maximum absolute atomic E-state index is 4.67. The van der Waals surface area contributed by atoms with Crippen LogP contribution in [0.15, 0.2) is 17.8 Å². The molecule has 5 heteroatoms. The molecule has 2 atom stereocenters. The van der Waals surface area contributed by atoms with Crippen LogP contribution < -0.4 is 5.32 Å². The molecule has 2 heterocycles. The van der Waals surface area contributed by atoms with E-state index in [9.17, 15) is 0 Å². The van der Waals surface area contributed by atoms with Crippen molar-refractivity contribution in [1.29, 1.82) is 0 Å². The molecule has 0 aromatic carbocycles. The van der Waals surface area contributed by atoms with Crippen molar-refractivity contribution in [3.8, 4) is 0 Å². The lowest BCUT2D eigenvalue weighted by Crippen LogP contribution is -2.38. The second kappa shape index (κ2) is 6.59. The number of rotatable bonds is 7. The minimum Gasteiger partial charge on any atom is -0.314 e. The number of nitrogens with zero attached hydrogens (tertiary/aromatic N) is 2. The summed E-state index contributed by atoms with van der Waals surface area (Å²) in [5.74, 6) is 1.86. The van der Waals surface area contributed by atoms with Gasteiger partial charge in [-0.1, -0.05) is 13.8 Å². The highest BCUT2D eigenvalue weighted by atomic mass is 32.2. The Kier molecular flexibility index (Phi) is 5.09. The number of likely N-dealkylation sites (N-methyl/N-ethyl adjacent to an activating group) is 1. The summed E-state index contributed by atoms with van der Waals surface area (Å²) in [6, 6.07) is 0.520. The molecule has 0 radical (unpaired) electrons.